The molecule has 1 aromatic carbocycles. The van der Waals surface area contributed by atoms with Crippen molar-refractivity contribution >= 4 is 29.3 Å². The zero-order valence-corrected chi connectivity index (χ0v) is 20.6. The van der Waals surface area contributed by atoms with Gasteiger partial charge in [-0.25, -0.2) is 9.38 Å². The molecule has 0 bridgehead atoms. The number of nitrogens with zero attached hydrogens (tertiary/aromatic N) is 2. The van der Waals surface area contributed by atoms with Crippen molar-refractivity contribution in [3.63, 3.8) is 0 Å². The van der Waals surface area contributed by atoms with Gasteiger partial charge in [0.1, 0.15) is 17.6 Å². The Bertz CT molecular complexity index is 1010. The standard InChI is InChI=1S/C25H37FN8O2/c26-18-14-16(23(29)35)24(33-25(18)32-22-5-2-1-4-19(22)28)31-21-7-3-6-20(17(21)15-27)30-8-9-34-10-12-36-13-11-34/h3,6-7,15-16,19,22,27,30,32H,1-2,4-5,8-14,28H2,(H2,29,35)(H,31,33). The van der Waals surface area contributed by atoms with Gasteiger partial charge in [0.2, 0.25) is 5.91 Å². The summed E-state index contributed by atoms with van der Waals surface area (Å²) in [4.78, 5) is 18.9. The third-order valence-corrected chi connectivity index (χ3v) is 7.05. The van der Waals surface area contributed by atoms with Crippen molar-refractivity contribution < 1.29 is 13.9 Å². The third kappa shape index (κ3) is 6.40. The van der Waals surface area contributed by atoms with E-state index in [1.165, 1.54) is 6.21 Å². The van der Waals surface area contributed by atoms with Crippen LogP contribution in [0.2, 0.25) is 0 Å². The largest absolute Gasteiger partial charge is 0.383 e. The zero-order chi connectivity index (χ0) is 25.5. The fraction of sp³-hybridized carbons (Fsp3) is 0.560. The highest BCUT2D eigenvalue weighted by molar-refractivity contribution is 6.12. The number of hydrogen-bond donors (Lipinski definition) is 6. The van der Waals surface area contributed by atoms with Crippen molar-refractivity contribution in [3.05, 3.63) is 35.4 Å². The predicted molar refractivity (Wildman–Crippen MR) is 140 cm³/mol. The summed E-state index contributed by atoms with van der Waals surface area (Å²) in [6, 6.07) is 5.39. The number of morpholine rings is 1. The number of halogens is 1. The molecule has 4 rings (SSSR count). The number of rotatable bonds is 9. The number of amidine groups is 1. The third-order valence-electron chi connectivity index (χ3n) is 7.05. The van der Waals surface area contributed by atoms with Crippen LogP contribution in [-0.4, -0.2) is 74.3 Å². The Balaban J connectivity index is 1.50. The number of carbonyl (C=O) groups excluding carboxylic acids is 1. The number of nitrogens with two attached hydrogens (primary N) is 2. The molecule has 0 spiro atoms. The normalized spacial score (nSPS) is 25.2. The summed E-state index contributed by atoms with van der Waals surface area (Å²) in [6.45, 7) is 4.86. The summed E-state index contributed by atoms with van der Waals surface area (Å²) in [6.07, 6.45) is 4.86. The predicted octanol–water partition coefficient (Wildman–Crippen LogP) is 1.74. The molecular formula is C25H37FN8O2. The molecule has 3 atom stereocenters. The number of ether oxygens (including phenoxy) is 1. The minimum Gasteiger partial charge on any atom is -0.383 e. The van der Waals surface area contributed by atoms with Gasteiger partial charge in [-0.3, -0.25) is 9.69 Å². The number of benzene rings is 1. The number of nitrogens with one attached hydrogen (secondary N) is 4. The second-order valence-corrected chi connectivity index (χ2v) is 9.53. The average Bonchev–Trinajstić information content (AvgIpc) is 2.88. The fourth-order valence-corrected chi connectivity index (χ4v) is 4.90. The highest BCUT2D eigenvalue weighted by atomic mass is 19.1. The number of anilines is 2. The van der Waals surface area contributed by atoms with E-state index >= 15 is 0 Å². The van der Waals surface area contributed by atoms with Gasteiger partial charge in [0.15, 0.2) is 5.82 Å². The molecule has 2 fully saturated rings. The quantitative estimate of drug-likeness (QED) is 0.282. The lowest BCUT2D eigenvalue weighted by Crippen LogP contribution is -2.47. The van der Waals surface area contributed by atoms with Gasteiger partial charge in [0.25, 0.3) is 0 Å². The van der Waals surface area contributed by atoms with Crippen LogP contribution in [-0.2, 0) is 9.53 Å². The topological polar surface area (TPSA) is 154 Å². The number of allylic oxidation sites excluding steroid dienone is 1. The van der Waals surface area contributed by atoms with E-state index in [0.29, 0.717) is 17.8 Å². The molecule has 1 aromatic rings. The molecule has 0 radical (unpaired) electrons. The van der Waals surface area contributed by atoms with Gasteiger partial charge in [-0.15, -0.1) is 0 Å². The smallest absolute Gasteiger partial charge is 0.228 e. The first-order valence-electron chi connectivity index (χ1n) is 12.7. The van der Waals surface area contributed by atoms with Gasteiger partial charge in [-0.2, -0.15) is 0 Å². The molecule has 36 heavy (non-hydrogen) atoms. The first-order valence-corrected chi connectivity index (χ1v) is 12.7. The Hall–Kier alpha value is -3.02. The highest BCUT2D eigenvalue weighted by Gasteiger charge is 2.32. The maximum Gasteiger partial charge on any atom is 0.228 e. The Kier molecular flexibility index (Phi) is 8.89. The summed E-state index contributed by atoms with van der Waals surface area (Å²) in [7, 11) is 0. The summed E-state index contributed by atoms with van der Waals surface area (Å²) in [5, 5.41) is 17.7. The van der Waals surface area contributed by atoms with Crippen LogP contribution in [0.15, 0.2) is 34.8 Å². The van der Waals surface area contributed by atoms with Crippen molar-refractivity contribution in [2.24, 2.45) is 22.4 Å². The number of amides is 1. The van der Waals surface area contributed by atoms with Crippen LogP contribution in [0.1, 0.15) is 37.7 Å². The summed E-state index contributed by atoms with van der Waals surface area (Å²) in [5.41, 5.74) is 13.8. The van der Waals surface area contributed by atoms with Crippen LogP contribution in [0.4, 0.5) is 15.8 Å². The Morgan fingerprint density at radius 2 is 2.00 bits per heavy atom. The Morgan fingerprint density at radius 1 is 1.25 bits per heavy atom. The molecule has 1 aliphatic carbocycles. The van der Waals surface area contributed by atoms with E-state index in [-0.39, 0.29) is 30.2 Å². The summed E-state index contributed by atoms with van der Waals surface area (Å²) < 4.78 is 20.3. The molecular weight excluding hydrogens is 463 g/mol. The SMILES string of the molecule is N=Cc1c(NCCN2CCOCC2)cccc1NC1=NC(NC2CCCCC2N)=C(F)CC1C(N)=O. The molecule has 1 amide bonds. The van der Waals surface area contributed by atoms with E-state index < -0.39 is 17.7 Å². The Labute approximate surface area is 211 Å². The molecule has 3 aliphatic rings. The molecule has 1 saturated carbocycles. The van der Waals surface area contributed by atoms with Crippen molar-refractivity contribution in [3.8, 4) is 0 Å². The van der Waals surface area contributed by atoms with Crippen LogP contribution >= 0.6 is 0 Å². The molecule has 0 aromatic heterocycles. The highest BCUT2D eigenvalue weighted by Crippen LogP contribution is 2.29. The monoisotopic (exact) mass is 500 g/mol. The molecule has 196 valence electrons. The first kappa shape index (κ1) is 26.1. The lowest BCUT2D eigenvalue weighted by molar-refractivity contribution is -0.120. The molecule has 8 N–H and O–H groups in total. The van der Waals surface area contributed by atoms with E-state index in [1.54, 1.807) is 6.07 Å². The molecule has 1 saturated heterocycles. The van der Waals surface area contributed by atoms with Gasteiger partial charge >= 0.3 is 0 Å². The molecule has 2 aliphatic heterocycles. The van der Waals surface area contributed by atoms with Crippen molar-refractivity contribution in [2.75, 3.05) is 50.0 Å². The van der Waals surface area contributed by atoms with Crippen LogP contribution in [0.25, 0.3) is 0 Å². The molecule has 2 heterocycles. The van der Waals surface area contributed by atoms with Gasteiger partial charge in [0.05, 0.1) is 18.9 Å². The molecule has 3 unspecified atom stereocenters. The molecule has 10 nitrogen and oxygen atoms in total. The second-order valence-electron chi connectivity index (χ2n) is 9.53. The lowest BCUT2D eigenvalue weighted by atomic mass is 9.91. The van der Waals surface area contributed by atoms with Crippen LogP contribution in [0.5, 0.6) is 0 Å². The van der Waals surface area contributed by atoms with Crippen LogP contribution in [0, 0.1) is 11.3 Å². The second kappa shape index (κ2) is 12.3. The number of carbonyl (C=O) groups is 1. The van der Waals surface area contributed by atoms with Crippen molar-refractivity contribution in [1.29, 1.82) is 5.41 Å². The van der Waals surface area contributed by atoms with Crippen LogP contribution in [0.3, 0.4) is 0 Å². The molecule has 11 heteroatoms. The minimum absolute atomic E-state index is 0.0780. The maximum absolute atomic E-state index is 14.9. The number of hydrogen-bond acceptors (Lipinski definition) is 9. The number of aliphatic imine (C=N–C) groups is 1. The summed E-state index contributed by atoms with van der Waals surface area (Å²) in [5.74, 6) is -1.76. The van der Waals surface area contributed by atoms with E-state index in [0.717, 1.165) is 64.2 Å². The van der Waals surface area contributed by atoms with Gasteiger partial charge in [0, 0.05) is 62.1 Å². The fourth-order valence-electron chi connectivity index (χ4n) is 4.90. The zero-order valence-electron chi connectivity index (χ0n) is 20.6. The van der Waals surface area contributed by atoms with Crippen LogP contribution < -0.4 is 27.4 Å². The Morgan fingerprint density at radius 3 is 2.72 bits per heavy atom. The van der Waals surface area contributed by atoms with Crippen molar-refractivity contribution in [2.45, 2.75) is 44.2 Å². The van der Waals surface area contributed by atoms with Gasteiger partial charge < -0.3 is 37.6 Å². The van der Waals surface area contributed by atoms with E-state index in [2.05, 4.69) is 25.8 Å². The van der Waals surface area contributed by atoms with Gasteiger partial charge in [-0.05, 0) is 25.0 Å². The van der Waals surface area contributed by atoms with Crippen molar-refractivity contribution in [1.82, 2.24) is 10.2 Å². The van der Waals surface area contributed by atoms with E-state index in [9.17, 15) is 9.18 Å². The first-order chi connectivity index (χ1) is 17.5. The maximum atomic E-state index is 14.9. The summed E-state index contributed by atoms with van der Waals surface area (Å²) >= 11 is 0. The number of primary amides is 1. The average molecular weight is 501 g/mol. The lowest BCUT2D eigenvalue weighted by Gasteiger charge is -2.32. The van der Waals surface area contributed by atoms with E-state index in [4.69, 9.17) is 21.6 Å². The minimum atomic E-state index is -0.938. The van der Waals surface area contributed by atoms with E-state index in [1.807, 2.05) is 12.1 Å². The van der Waals surface area contributed by atoms with Gasteiger partial charge in [-0.1, -0.05) is 18.9 Å².